The van der Waals surface area contributed by atoms with E-state index in [-0.39, 0.29) is 6.04 Å². The molecule has 0 spiro atoms. The van der Waals surface area contributed by atoms with Gasteiger partial charge < -0.3 is 20.3 Å². The molecular weight excluding hydrogens is 399 g/mol. The highest BCUT2D eigenvalue weighted by atomic mass is 35.5. The van der Waals surface area contributed by atoms with Crippen molar-refractivity contribution in [1.29, 1.82) is 0 Å². The normalized spacial score (nSPS) is 16.9. The molecule has 0 amide bonds. The molecule has 150 valence electrons. The van der Waals surface area contributed by atoms with Crippen molar-refractivity contribution < 1.29 is 4.74 Å². The number of hydrogen-bond acceptors (Lipinski definition) is 5. The number of guanidine groups is 1. The van der Waals surface area contributed by atoms with E-state index in [1.54, 1.807) is 24.5 Å². The minimum Gasteiger partial charge on any atom is -0.475 e. The Morgan fingerprint density at radius 3 is 2.79 bits per heavy atom. The predicted octanol–water partition coefficient (Wildman–Crippen LogP) is 3.00. The maximum absolute atomic E-state index is 6.26. The highest BCUT2D eigenvalue weighted by Crippen LogP contribution is 2.25. The molecule has 7 nitrogen and oxygen atoms in total. The van der Waals surface area contributed by atoms with Gasteiger partial charge in [0.1, 0.15) is 17.4 Å². The molecule has 0 saturated carbocycles. The molecule has 0 aromatic carbocycles. The molecule has 3 heterocycles. The summed E-state index contributed by atoms with van der Waals surface area (Å²) in [5.41, 5.74) is 0. The number of ether oxygens (including phenoxy) is 1. The summed E-state index contributed by atoms with van der Waals surface area (Å²) in [7, 11) is 0. The molecule has 9 heteroatoms. The van der Waals surface area contributed by atoms with E-state index in [2.05, 4.69) is 30.5 Å². The topological polar surface area (TPSA) is 74.7 Å². The number of nitrogens with one attached hydrogen (secondary N) is 2. The van der Waals surface area contributed by atoms with Crippen molar-refractivity contribution in [3.05, 3.63) is 46.7 Å². The number of halogens is 2. The number of anilines is 1. The first-order chi connectivity index (χ1) is 13.7. The maximum Gasteiger partial charge on any atom is 0.232 e. The van der Waals surface area contributed by atoms with Crippen LogP contribution < -0.4 is 20.3 Å². The summed E-state index contributed by atoms with van der Waals surface area (Å²) in [6.07, 6.45) is 4.40. The molecule has 0 aliphatic carbocycles. The Hall–Kier alpha value is -2.25. The van der Waals surface area contributed by atoms with Crippen LogP contribution in [0.5, 0.6) is 5.88 Å². The zero-order valence-electron chi connectivity index (χ0n) is 15.7. The zero-order valence-corrected chi connectivity index (χ0v) is 17.2. The fraction of sp³-hybridized carbons (Fsp3) is 0.421. The number of aliphatic imine (C=N–C) groups is 1. The van der Waals surface area contributed by atoms with Crippen LogP contribution >= 0.6 is 23.2 Å². The molecule has 1 atom stereocenters. The van der Waals surface area contributed by atoms with E-state index in [0.717, 1.165) is 37.8 Å². The largest absolute Gasteiger partial charge is 0.475 e. The number of hydrogen-bond donors (Lipinski definition) is 2. The van der Waals surface area contributed by atoms with Crippen LogP contribution in [0.25, 0.3) is 0 Å². The van der Waals surface area contributed by atoms with Crippen molar-refractivity contribution in [3.8, 4) is 5.88 Å². The first-order valence-electron chi connectivity index (χ1n) is 9.31. The van der Waals surface area contributed by atoms with E-state index >= 15 is 0 Å². The van der Waals surface area contributed by atoms with Crippen LogP contribution in [0.3, 0.4) is 0 Å². The molecule has 1 aliphatic rings. The Bertz CT molecular complexity index is 803. The molecular formula is C19H24Cl2N6O. The second-order valence-corrected chi connectivity index (χ2v) is 7.10. The molecule has 2 aromatic rings. The number of nitrogens with zero attached hydrogens (tertiary/aromatic N) is 4. The van der Waals surface area contributed by atoms with Gasteiger partial charge in [0.05, 0.1) is 11.6 Å². The Labute approximate surface area is 175 Å². The average Bonchev–Trinajstić information content (AvgIpc) is 3.15. The quantitative estimate of drug-likeness (QED) is 0.405. The summed E-state index contributed by atoms with van der Waals surface area (Å²) >= 11 is 12.3. The average molecular weight is 423 g/mol. The van der Waals surface area contributed by atoms with E-state index in [1.165, 1.54) is 0 Å². The summed E-state index contributed by atoms with van der Waals surface area (Å²) in [6.45, 7) is 5.42. The van der Waals surface area contributed by atoms with E-state index in [4.69, 9.17) is 27.9 Å². The van der Waals surface area contributed by atoms with E-state index in [9.17, 15) is 0 Å². The molecule has 0 radical (unpaired) electrons. The van der Waals surface area contributed by atoms with E-state index < -0.39 is 0 Å². The van der Waals surface area contributed by atoms with Gasteiger partial charge in [0, 0.05) is 38.1 Å². The molecule has 1 saturated heterocycles. The first-order valence-corrected chi connectivity index (χ1v) is 10.1. The van der Waals surface area contributed by atoms with Gasteiger partial charge >= 0.3 is 0 Å². The Morgan fingerprint density at radius 1 is 1.25 bits per heavy atom. The lowest BCUT2D eigenvalue weighted by Gasteiger charge is -2.20. The van der Waals surface area contributed by atoms with E-state index in [1.807, 2.05) is 19.1 Å². The Balaban J connectivity index is 1.51. The minimum atomic E-state index is 0.266. The third-order valence-electron chi connectivity index (χ3n) is 4.24. The van der Waals surface area contributed by atoms with Gasteiger partial charge in [-0.3, -0.25) is 0 Å². The fourth-order valence-corrected chi connectivity index (χ4v) is 3.39. The second kappa shape index (κ2) is 10.3. The number of aromatic nitrogens is 2. The highest BCUT2D eigenvalue weighted by Gasteiger charge is 2.25. The molecule has 28 heavy (non-hydrogen) atoms. The third kappa shape index (κ3) is 5.62. The van der Waals surface area contributed by atoms with Crippen LogP contribution in [-0.2, 0) is 0 Å². The summed E-state index contributed by atoms with van der Waals surface area (Å²) in [6, 6.07) is 7.49. The van der Waals surface area contributed by atoms with Crippen molar-refractivity contribution in [2.75, 3.05) is 37.7 Å². The SMILES string of the molecule is CCNC(=NCCOc1ncccc1Cl)NC1CCN(c2ncccc2Cl)C1. The van der Waals surface area contributed by atoms with Gasteiger partial charge in [-0.1, -0.05) is 23.2 Å². The number of rotatable bonds is 7. The van der Waals surface area contributed by atoms with E-state index in [0.29, 0.717) is 29.1 Å². The molecule has 0 bridgehead atoms. The lowest BCUT2D eigenvalue weighted by atomic mass is 10.3. The van der Waals surface area contributed by atoms with Crippen molar-refractivity contribution in [2.24, 2.45) is 4.99 Å². The lowest BCUT2D eigenvalue weighted by Crippen LogP contribution is -2.44. The summed E-state index contributed by atoms with van der Waals surface area (Å²) in [5.74, 6) is 2.02. The Kier molecular flexibility index (Phi) is 7.56. The van der Waals surface area contributed by atoms with Gasteiger partial charge in [0.2, 0.25) is 5.88 Å². The van der Waals surface area contributed by atoms with Crippen LogP contribution in [0.2, 0.25) is 10.0 Å². The molecule has 1 aliphatic heterocycles. The van der Waals surface area contributed by atoms with Crippen LogP contribution in [0, 0.1) is 0 Å². The van der Waals surface area contributed by atoms with Crippen LogP contribution in [0.4, 0.5) is 5.82 Å². The maximum atomic E-state index is 6.26. The molecule has 2 N–H and O–H groups in total. The van der Waals surface area contributed by atoms with Crippen molar-refractivity contribution in [1.82, 2.24) is 20.6 Å². The van der Waals surface area contributed by atoms with Crippen molar-refractivity contribution in [2.45, 2.75) is 19.4 Å². The first kappa shape index (κ1) is 20.5. The predicted molar refractivity (Wildman–Crippen MR) is 114 cm³/mol. The molecule has 2 aromatic heterocycles. The van der Waals surface area contributed by atoms with Crippen LogP contribution in [0.1, 0.15) is 13.3 Å². The van der Waals surface area contributed by atoms with Gasteiger partial charge in [0.25, 0.3) is 0 Å². The third-order valence-corrected chi connectivity index (χ3v) is 4.82. The van der Waals surface area contributed by atoms with Gasteiger partial charge in [-0.15, -0.1) is 0 Å². The zero-order chi connectivity index (χ0) is 19.8. The van der Waals surface area contributed by atoms with Gasteiger partial charge in [-0.2, -0.15) is 0 Å². The highest BCUT2D eigenvalue weighted by molar-refractivity contribution is 6.33. The van der Waals surface area contributed by atoms with Crippen LogP contribution in [0.15, 0.2) is 41.7 Å². The molecule has 1 fully saturated rings. The standard InChI is InChI=1S/C19H24Cl2N6O/c1-2-22-19(25-10-12-28-18-16(21)6-4-9-24-18)26-14-7-11-27(13-14)17-15(20)5-3-8-23-17/h3-6,8-9,14H,2,7,10-13H2,1H3,(H2,22,25,26). The van der Waals surface area contributed by atoms with Crippen molar-refractivity contribution >= 4 is 35.0 Å². The molecule has 3 rings (SSSR count). The van der Waals surface area contributed by atoms with Gasteiger partial charge in [-0.25, -0.2) is 15.0 Å². The summed E-state index contributed by atoms with van der Waals surface area (Å²) in [4.78, 5) is 15.3. The van der Waals surface area contributed by atoms with Gasteiger partial charge in [-0.05, 0) is 37.6 Å². The van der Waals surface area contributed by atoms with Gasteiger partial charge in [0.15, 0.2) is 5.96 Å². The number of pyridine rings is 2. The van der Waals surface area contributed by atoms with Crippen molar-refractivity contribution in [3.63, 3.8) is 0 Å². The summed E-state index contributed by atoms with van der Waals surface area (Å²) < 4.78 is 5.59. The lowest BCUT2D eigenvalue weighted by molar-refractivity contribution is 0.316. The molecule has 1 unspecified atom stereocenters. The summed E-state index contributed by atoms with van der Waals surface area (Å²) in [5, 5.41) is 7.91. The Morgan fingerprint density at radius 2 is 2.04 bits per heavy atom. The smallest absolute Gasteiger partial charge is 0.232 e. The monoisotopic (exact) mass is 422 g/mol. The minimum absolute atomic E-state index is 0.266. The fourth-order valence-electron chi connectivity index (χ4n) is 2.97. The second-order valence-electron chi connectivity index (χ2n) is 6.28. The van der Waals surface area contributed by atoms with Crippen LogP contribution in [-0.4, -0.2) is 54.8 Å².